The normalized spacial score (nSPS) is 12.6. The minimum Gasteiger partial charge on any atom is -0.494 e. The van der Waals surface area contributed by atoms with Crippen molar-refractivity contribution in [2.45, 2.75) is 33.2 Å². The number of nitrogens with one attached hydrogen (secondary N) is 1. The Morgan fingerprint density at radius 1 is 1.06 bits per heavy atom. The predicted octanol–water partition coefficient (Wildman–Crippen LogP) is 3.19. The van der Waals surface area contributed by atoms with E-state index in [0.29, 0.717) is 41.7 Å². The standard InChI is InChI=1S/C23H31N3O6S/c1-7-20(17-9-14-21(30-4)22(15-17)31-5)24-25-23(27)16(3)26(33(6,28)29)18-10-12-19(13-11-18)32-8-2/h9-16H,7-8H2,1-6H3,(H,25,27)/b24-20+. The first kappa shape index (κ1) is 26.0. The third-order valence-corrected chi connectivity index (χ3v) is 6.09. The van der Waals surface area contributed by atoms with Gasteiger partial charge in [-0.3, -0.25) is 9.10 Å². The van der Waals surface area contributed by atoms with Crippen LogP contribution in [0.5, 0.6) is 17.2 Å². The molecule has 1 N–H and O–H groups in total. The van der Waals surface area contributed by atoms with Gasteiger partial charge in [-0.2, -0.15) is 5.10 Å². The summed E-state index contributed by atoms with van der Waals surface area (Å²) in [6, 6.07) is 10.8. The van der Waals surface area contributed by atoms with E-state index < -0.39 is 22.0 Å². The summed E-state index contributed by atoms with van der Waals surface area (Å²) in [5.41, 5.74) is 4.19. The third kappa shape index (κ3) is 6.61. The van der Waals surface area contributed by atoms with E-state index >= 15 is 0 Å². The van der Waals surface area contributed by atoms with Crippen LogP contribution in [0.1, 0.15) is 32.8 Å². The molecule has 0 radical (unpaired) electrons. The number of sulfonamides is 1. The van der Waals surface area contributed by atoms with Crippen molar-refractivity contribution >= 4 is 27.3 Å². The van der Waals surface area contributed by atoms with E-state index in [1.165, 1.54) is 14.0 Å². The topological polar surface area (TPSA) is 107 Å². The Kier molecular flexibility index (Phi) is 9.10. The van der Waals surface area contributed by atoms with Crippen LogP contribution in [0.4, 0.5) is 5.69 Å². The van der Waals surface area contributed by atoms with Gasteiger partial charge in [0.1, 0.15) is 11.8 Å². The zero-order valence-corrected chi connectivity index (χ0v) is 20.6. The molecule has 1 atom stereocenters. The van der Waals surface area contributed by atoms with Gasteiger partial charge in [0.2, 0.25) is 10.0 Å². The van der Waals surface area contributed by atoms with Gasteiger partial charge in [0.15, 0.2) is 11.5 Å². The van der Waals surface area contributed by atoms with E-state index in [0.717, 1.165) is 16.1 Å². The van der Waals surface area contributed by atoms with Gasteiger partial charge in [-0.15, -0.1) is 0 Å². The van der Waals surface area contributed by atoms with Gasteiger partial charge in [-0.05, 0) is 62.7 Å². The summed E-state index contributed by atoms with van der Waals surface area (Å²) in [4.78, 5) is 12.9. The van der Waals surface area contributed by atoms with Crippen molar-refractivity contribution in [1.82, 2.24) is 5.43 Å². The van der Waals surface area contributed by atoms with Crippen LogP contribution >= 0.6 is 0 Å². The summed E-state index contributed by atoms with van der Waals surface area (Å²) in [5, 5.41) is 4.24. The maximum absolute atomic E-state index is 12.9. The highest BCUT2D eigenvalue weighted by atomic mass is 32.2. The lowest BCUT2D eigenvalue weighted by atomic mass is 10.1. The van der Waals surface area contributed by atoms with E-state index in [-0.39, 0.29) is 0 Å². The molecule has 2 aromatic rings. The van der Waals surface area contributed by atoms with Gasteiger partial charge in [-0.1, -0.05) is 6.92 Å². The summed E-state index contributed by atoms with van der Waals surface area (Å²) in [6.07, 6.45) is 1.58. The summed E-state index contributed by atoms with van der Waals surface area (Å²) < 4.78 is 42.0. The van der Waals surface area contributed by atoms with E-state index in [2.05, 4.69) is 10.5 Å². The van der Waals surface area contributed by atoms with Gasteiger partial charge in [0.05, 0.1) is 38.5 Å². The van der Waals surface area contributed by atoms with Crippen molar-refractivity contribution in [1.29, 1.82) is 0 Å². The first-order valence-electron chi connectivity index (χ1n) is 10.5. The van der Waals surface area contributed by atoms with Crippen molar-refractivity contribution < 1.29 is 27.4 Å². The molecular formula is C23H31N3O6S. The Morgan fingerprint density at radius 3 is 2.21 bits per heavy atom. The lowest BCUT2D eigenvalue weighted by Gasteiger charge is -2.27. The lowest BCUT2D eigenvalue weighted by Crippen LogP contribution is -2.47. The summed E-state index contributed by atoms with van der Waals surface area (Å²) >= 11 is 0. The molecule has 0 saturated heterocycles. The van der Waals surface area contributed by atoms with Crippen LogP contribution in [0.25, 0.3) is 0 Å². The van der Waals surface area contributed by atoms with Crippen LogP contribution in [-0.2, 0) is 14.8 Å². The van der Waals surface area contributed by atoms with Crippen molar-refractivity contribution in [2.75, 3.05) is 31.4 Å². The number of methoxy groups -OCH3 is 2. The monoisotopic (exact) mass is 477 g/mol. The minimum atomic E-state index is -3.75. The Morgan fingerprint density at radius 2 is 1.70 bits per heavy atom. The van der Waals surface area contributed by atoms with E-state index in [1.807, 2.05) is 19.9 Å². The smallest absolute Gasteiger partial charge is 0.263 e. The molecule has 180 valence electrons. The zero-order valence-electron chi connectivity index (χ0n) is 19.8. The van der Waals surface area contributed by atoms with Crippen molar-refractivity contribution in [3.63, 3.8) is 0 Å². The Labute approximate surface area is 195 Å². The van der Waals surface area contributed by atoms with Crippen molar-refractivity contribution in [2.24, 2.45) is 5.10 Å². The average Bonchev–Trinajstić information content (AvgIpc) is 2.79. The molecule has 1 amide bonds. The quantitative estimate of drug-likeness (QED) is 0.394. The molecular weight excluding hydrogens is 446 g/mol. The first-order valence-corrected chi connectivity index (χ1v) is 12.3. The molecule has 0 spiro atoms. The van der Waals surface area contributed by atoms with Gasteiger partial charge >= 0.3 is 0 Å². The van der Waals surface area contributed by atoms with Gasteiger partial charge in [-0.25, -0.2) is 13.8 Å². The second-order valence-electron chi connectivity index (χ2n) is 7.12. The molecule has 0 aromatic heterocycles. The van der Waals surface area contributed by atoms with Crippen LogP contribution in [0.2, 0.25) is 0 Å². The molecule has 2 rings (SSSR count). The number of carbonyl (C=O) groups is 1. The number of benzene rings is 2. The predicted molar refractivity (Wildman–Crippen MR) is 129 cm³/mol. The molecule has 1 unspecified atom stereocenters. The fraction of sp³-hybridized carbons (Fsp3) is 0.391. The molecule has 0 fully saturated rings. The Balaban J connectivity index is 2.27. The average molecular weight is 478 g/mol. The maximum atomic E-state index is 12.9. The molecule has 0 aliphatic carbocycles. The van der Waals surface area contributed by atoms with E-state index in [4.69, 9.17) is 14.2 Å². The van der Waals surface area contributed by atoms with Crippen LogP contribution in [-0.4, -0.2) is 53.2 Å². The molecule has 0 saturated carbocycles. The molecule has 0 bridgehead atoms. The highest BCUT2D eigenvalue weighted by molar-refractivity contribution is 7.92. The molecule has 33 heavy (non-hydrogen) atoms. The summed E-state index contributed by atoms with van der Waals surface area (Å²) in [6.45, 7) is 5.75. The molecule has 0 aliphatic rings. The number of amides is 1. The Bertz CT molecular complexity index is 1080. The second-order valence-corrected chi connectivity index (χ2v) is 8.98. The van der Waals surface area contributed by atoms with E-state index in [1.54, 1.807) is 43.5 Å². The lowest BCUT2D eigenvalue weighted by molar-refractivity contribution is -0.121. The number of hydrazone groups is 1. The highest BCUT2D eigenvalue weighted by Gasteiger charge is 2.29. The van der Waals surface area contributed by atoms with Crippen molar-refractivity contribution in [3.05, 3.63) is 48.0 Å². The van der Waals surface area contributed by atoms with Gasteiger partial charge in [0.25, 0.3) is 5.91 Å². The number of ether oxygens (including phenoxy) is 3. The van der Waals surface area contributed by atoms with Crippen LogP contribution < -0.4 is 23.9 Å². The molecule has 0 heterocycles. The van der Waals surface area contributed by atoms with Crippen LogP contribution in [0.3, 0.4) is 0 Å². The largest absolute Gasteiger partial charge is 0.494 e. The SMILES string of the molecule is CCOc1ccc(N(C(C)C(=O)N/N=C(\CC)c2ccc(OC)c(OC)c2)S(C)(=O)=O)cc1. The van der Waals surface area contributed by atoms with Crippen molar-refractivity contribution in [3.8, 4) is 17.2 Å². The molecule has 2 aromatic carbocycles. The number of hydrogen-bond donors (Lipinski definition) is 1. The number of anilines is 1. The number of nitrogens with zero attached hydrogens (tertiary/aromatic N) is 2. The fourth-order valence-electron chi connectivity index (χ4n) is 3.24. The fourth-order valence-corrected chi connectivity index (χ4v) is 4.42. The molecule has 0 aliphatic heterocycles. The first-order chi connectivity index (χ1) is 15.7. The number of carbonyl (C=O) groups excluding carboxylic acids is 1. The summed E-state index contributed by atoms with van der Waals surface area (Å²) in [7, 11) is -0.664. The highest BCUT2D eigenvalue weighted by Crippen LogP contribution is 2.28. The van der Waals surface area contributed by atoms with Gasteiger partial charge < -0.3 is 14.2 Å². The van der Waals surface area contributed by atoms with E-state index in [9.17, 15) is 13.2 Å². The van der Waals surface area contributed by atoms with Crippen LogP contribution in [0.15, 0.2) is 47.6 Å². The zero-order chi connectivity index (χ0) is 24.6. The minimum absolute atomic E-state index is 0.350. The second kappa shape index (κ2) is 11.6. The summed E-state index contributed by atoms with van der Waals surface area (Å²) in [5.74, 6) is 1.16. The number of rotatable bonds is 11. The maximum Gasteiger partial charge on any atom is 0.263 e. The van der Waals surface area contributed by atoms with Crippen LogP contribution in [0, 0.1) is 0 Å². The van der Waals surface area contributed by atoms with Gasteiger partial charge in [0, 0.05) is 5.56 Å². The number of hydrogen-bond acceptors (Lipinski definition) is 7. The Hall–Kier alpha value is -3.27. The third-order valence-electron chi connectivity index (χ3n) is 4.84. The molecule has 9 nitrogen and oxygen atoms in total. The molecule has 10 heteroatoms.